The van der Waals surface area contributed by atoms with Crippen molar-refractivity contribution in [2.75, 3.05) is 14.2 Å². The van der Waals surface area contributed by atoms with Gasteiger partial charge < -0.3 is 19.6 Å². The van der Waals surface area contributed by atoms with Gasteiger partial charge in [0.25, 0.3) is 0 Å². The minimum Gasteiger partial charge on any atom is -0.493 e. The van der Waals surface area contributed by atoms with Crippen molar-refractivity contribution in [3.8, 4) is 11.5 Å². The van der Waals surface area contributed by atoms with E-state index in [0.29, 0.717) is 11.5 Å². The van der Waals surface area contributed by atoms with Crippen molar-refractivity contribution in [2.24, 2.45) is 5.73 Å². The summed E-state index contributed by atoms with van der Waals surface area (Å²) in [4.78, 5) is 0. The summed E-state index contributed by atoms with van der Waals surface area (Å²) in [6.45, 7) is 1.96. The van der Waals surface area contributed by atoms with E-state index >= 15 is 0 Å². The van der Waals surface area contributed by atoms with Crippen LogP contribution in [0.2, 0.25) is 0 Å². The lowest BCUT2D eigenvalue weighted by atomic mass is 10.0. The molecule has 4 heteroatoms. The lowest BCUT2D eigenvalue weighted by Gasteiger charge is -2.12. The Morgan fingerprint density at radius 1 is 1.35 bits per heavy atom. The number of nitrogens with two attached hydrogens (primary N) is 1. The van der Waals surface area contributed by atoms with Crippen LogP contribution in [0.4, 0.5) is 0 Å². The summed E-state index contributed by atoms with van der Waals surface area (Å²) in [6.07, 6.45) is 2.39. The van der Waals surface area contributed by atoms with Gasteiger partial charge in [0.2, 0.25) is 0 Å². The molecule has 0 bridgehead atoms. The molecule has 1 aromatic carbocycles. The molecule has 0 spiro atoms. The summed E-state index contributed by atoms with van der Waals surface area (Å²) in [7, 11) is 3.24. The number of rotatable bonds is 4. The largest absolute Gasteiger partial charge is 0.493 e. The second-order valence-electron chi connectivity index (χ2n) is 4.12. The molecule has 0 radical (unpaired) electrons. The Hall–Kier alpha value is -1.68. The highest BCUT2D eigenvalue weighted by atomic mass is 16.5. The van der Waals surface area contributed by atoms with Gasteiger partial charge in [-0.25, -0.2) is 0 Å². The molecule has 1 aromatic heterocycles. The van der Waals surface area contributed by atoms with Crippen molar-refractivity contribution >= 4 is 11.0 Å². The molecule has 1 atom stereocenters. The van der Waals surface area contributed by atoms with Gasteiger partial charge in [-0.15, -0.1) is 0 Å². The van der Waals surface area contributed by atoms with E-state index in [4.69, 9.17) is 19.6 Å². The van der Waals surface area contributed by atoms with Crippen LogP contribution in [0.1, 0.15) is 12.5 Å². The van der Waals surface area contributed by atoms with Crippen molar-refractivity contribution in [3.63, 3.8) is 0 Å². The first-order valence-corrected chi connectivity index (χ1v) is 5.54. The number of ether oxygens (including phenoxy) is 2. The number of furan rings is 1. The van der Waals surface area contributed by atoms with E-state index in [0.717, 1.165) is 23.0 Å². The molecule has 4 nitrogen and oxygen atoms in total. The standard InChI is InChI=1S/C13H17NO3/c1-8(14)6-9-7-11(15-2)13(16-3)10-4-5-17-12(9)10/h4-5,7-8H,6,14H2,1-3H3. The Bertz CT molecular complexity index is 517. The number of fused-ring (bicyclic) bond motifs is 1. The molecule has 0 saturated heterocycles. The smallest absolute Gasteiger partial charge is 0.171 e. The predicted molar refractivity (Wildman–Crippen MR) is 66.7 cm³/mol. The zero-order valence-electron chi connectivity index (χ0n) is 10.3. The second kappa shape index (κ2) is 4.67. The molecule has 2 N–H and O–H groups in total. The van der Waals surface area contributed by atoms with Crippen molar-refractivity contribution in [1.82, 2.24) is 0 Å². The predicted octanol–water partition coefficient (Wildman–Crippen LogP) is 2.34. The molecule has 1 unspecified atom stereocenters. The Morgan fingerprint density at radius 2 is 2.12 bits per heavy atom. The first-order chi connectivity index (χ1) is 8.17. The first kappa shape index (κ1) is 11.8. The normalized spacial score (nSPS) is 12.7. The van der Waals surface area contributed by atoms with Gasteiger partial charge in [0.15, 0.2) is 11.5 Å². The van der Waals surface area contributed by atoms with E-state index < -0.39 is 0 Å². The summed E-state index contributed by atoms with van der Waals surface area (Å²) in [5.41, 5.74) is 7.69. The number of methoxy groups -OCH3 is 2. The Balaban J connectivity index is 2.64. The van der Waals surface area contributed by atoms with Crippen LogP contribution in [0.3, 0.4) is 0 Å². The van der Waals surface area contributed by atoms with Crippen molar-refractivity contribution in [2.45, 2.75) is 19.4 Å². The molecular weight excluding hydrogens is 218 g/mol. The molecule has 2 rings (SSSR count). The minimum absolute atomic E-state index is 0.0707. The van der Waals surface area contributed by atoms with E-state index in [9.17, 15) is 0 Å². The van der Waals surface area contributed by atoms with Crippen LogP contribution in [0.15, 0.2) is 22.8 Å². The highest BCUT2D eigenvalue weighted by Crippen LogP contribution is 2.38. The van der Waals surface area contributed by atoms with E-state index in [1.54, 1.807) is 20.5 Å². The average molecular weight is 235 g/mol. The van der Waals surface area contributed by atoms with E-state index in [1.165, 1.54) is 0 Å². The van der Waals surface area contributed by atoms with E-state index in [-0.39, 0.29) is 6.04 Å². The molecule has 0 saturated carbocycles. The molecule has 0 aliphatic rings. The molecule has 1 heterocycles. The monoisotopic (exact) mass is 235 g/mol. The maximum absolute atomic E-state index is 5.83. The Kier molecular flexibility index (Phi) is 3.24. The maximum atomic E-state index is 5.83. The van der Waals surface area contributed by atoms with Crippen molar-refractivity contribution in [3.05, 3.63) is 24.0 Å². The third kappa shape index (κ3) is 2.08. The van der Waals surface area contributed by atoms with Crippen LogP contribution < -0.4 is 15.2 Å². The number of benzene rings is 1. The quantitative estimate of drug-likeness (QED) is 0.883. The van der Waals surface area contributed by atoms with Crippen LogP contribution in [-0.2, 0) is 6.42 Å². The van der Waals surface area contributed by atoms with Crippen molar-refractivity contribution < 1.29 is 13.9 Å². The first-order valence-electron chi connectivity index (χ1n) is 5.54. The van der Waals surface area contributed by atoms with Gasteiger partial charge in [0.05, 0.1) is 25.9 Å². The topological polar surface area (TPSA) is 57.6 Å². The van der Waals surface area contributed by atoms with Gasteiger partial charge in [-0.05, 0) is 25.5 Å². The minimum atomic E-state index is 0.0707. The molecular formula is C13H17NO3. The van der Waals surface area contributed by atoms with Gasteiger partial charge in [-0.1, -0.05) is 0 Å². The summed E-state index contributed by atoms with van der Waals surface area (Å²) < 4.78 is 16.2. The molecule has 0 aliphatic heterocycles. The molecule has 0 aliphatic carbocycles. The number of hydrogen-bond acceptors (Lipinski definition) is 4. The third-order valence-electron chi connectivity index (χ3n) is 2.70. The fraction of sp³-hybridized carbons (Fsp3) is 0.385. The van der Waals surface area contributed by atoms with Crippen LogP contribution >= 0.6 is 0 Å². The lowest BCUT2D eigenvalue weighted by molar-refractivity contribution is 0.358. The zero-order valence-corrected chi connectivity index (χ0v) is 10.3. The van der Waals surface area contributed by atoms with Crippen LogP contribution in [0, 0.1) is 0 Å². The summed E-state index contributed by atoms with van der Waals surface area (Å²) in [5, 5.41) is 0.919. The van der Waals surface area contributed by atoms with Gasteiger partial charge in [0.1, 0.15) is 5.58 Å². The highest BCUT2D eigenvalue weighted by molar-refractivity contribution is 5.89. The molecule has 17 heavy (non-hydrogen) atoms. The van der Waals surface area contributed by atoms with Crippen LogP contribution in [0.25, 0.3) is 11.0 Å². The van der Waals surface area contributed by atoms with Gasteiger partial charge in [-0.2, -0.15) is 0 Å². The maximum Gasteiger partial charge on any atom is 0.171 e. The van der Waals surface area contributed by atoms with E-state index in [1.807, 2.05) is 19.1 Å². The molecule has 0 amide bonds. The zero-order chi connectivity index (χ0) is 12.4. The van der Waals surface area contributed by atoms with Crippen molar-refractivity contribution in [1.29, 1.82) is 0 Å². The fourth-order valence-corrected chi connectivity index (χ4v) is 2.02. The number of hydrogen-bond donors (Lipinski definition) is 1. The van der Waals surface area contributed by atoms with Gasteiger partial charge >= 0.3 is 0 Å². The fourth-order valence-electron chi connectivity index (χ4n) is 2.02. The van der Waals surface area contributed by atoms with E-state index in [2.05, 4.69) is 0 Å². The lowest BCUT2D eigenvalue weighted by Crippen LogP contribution is -2.17. The summed E-state index contributed by atoms with van der Waals surface area (Å²) in [5.74, 6) is 1.40. The summed E-state index contributed by atoms with van der Waals surface area (Å²) >= 11 is 0. The Morgan fingerprint density at radius 3 is 2.71 bits per heavy atom. The second-order valence-corrected chi connectivity index (χ2v) is 4.12. The molecule has 92 valence electrons. The Labute approximate surface area is 100 Å². The van der Waals surface area contributed by atoms with Gasteiger partial charge in [-0.3, -0.25) is 0 Å². The van der Waals surface area contributed by atoms with Crippen LogP contribution in [0.5, 0.6) is 11.5 Å². The van der Waals surface area contributed by atoms with Crippen LogP contribution in [-0.4, -0.2) is 20.3 Å². The average Bonchev–Trinajstić information content (AvgIpc) is 2.76. The summed E-state index contributed by atoms with van der Waals surface area (Å²) in [6, 6.07) is 3.87. The SMILES string of the molecule is COc1cc(CC(C)N)c2occc2c1OC. The highest BCUT2D eigenvalue weighted by Gasteiger charge is 2.16. The molecule has 0 fully saturated rings. The third-order valence-corrected chi connectivity index (χ3v) is 2.70. The molecule has 2 aromatic rings. The van der Waals surface area contributed by atoms with Gasteiger partial charge in [0, 0.05) is 11.6 Å².